The fraction of sp³-hybridized carbons (Fsp3) is 0.150. The van der Waals surface area contributed by atoms with Gasteiger partial charge >= 0.3 is 0 Å². The van der Waals surface area contributed by atoms with E-state index in [4.69, 9.17) is 16.3 Å². The third kappa shape index (κ3) is 4.86. The van der Waals surface area contributed by atoms with Crippen LogP contribution >= 0.6 is 11.6 Å². The van der Waals surface area contributed by atoms with Crippen molar-refractivity contribution in [3.05, 3.63) is 89.0 Å². The van der Waals surface area contributed by atoms with Crippen LogP contribution in [0.15, 0.2) is 71.9 Å². The van der Waals surface area contributed by atoms with Crippen molar-refractivity contribution >= 4 is 21.6 Å². The summed E-state index contributed by atoms with van der Waals surface area (Å²) in [4.78, 5) is 3.54. The molecule has 146 valence electrons. The van der Waals surface area contributed by atoms with Crippen LogP contribution in [-0.4, -0.2) is 13.4 Å². The molecule has 0 aliphatic rings. The summed E-state index contributed by atoms with van der Waals surface area (Å²) in [6.45, 7) is 2.05. The average molecular weight is 421 g/mol. The Hall–Kier alpha value is -2.48. The number of pyridine rings is 1. The van der Waals surface area contributed by atoms with E-state index >= 15 is 0 Å². The maximum absolute atomic E-state index is 14.1. The molecule has 1 N–H and O–H groups in total. The number of hydrogen-bond acceptors (Lipinski definition) is 4. The van der Waals surface area contributed by atoms with Crippen LogP contribution in [0, 0.1) is 5.82 Å². The summed E-state index contributed by atoms with van der Waals surface area (Å²) in [7, 11) is -4.06. The molecule has 3 rings (SSSR count). The molecule has 0 amide bonds. The maximum atomic E-state index is 14.1. The van der Waals surface area contributed by atoms with Crippen molar-refractivity contribution in [3.63, 3.8) is 0 Å². The largest absolute Gasteiger partial charge is 0.489 e. The van der Waals surface area contributed by atoms with Gasteiger partial charge in [0, 0.05) is 24.0 Å². The summed E-state index contributed by atoms with van der Waals surface area (Å²) in [6.07, 6.45) is 3.41. The van der Waals surface area contributed by atoms with Crippen molar-refractivity contribution in [2.75, 3.05) is 0 Å². The molecule has 0 spiro atoms. The Labute approximate surface area is 168 Å². The fourth-order valence-corrected chi connectivity index (χ4v) is 4.12. The molecule has 0 saturated carbocycles. The molecular weight excluding hydrogens is 403 g/mol. The molecular formula is C20H18ClFN2O3S. The number of nitrogens with one attached hydrogen (secondary N) is 1. The summed E-state index contributed by atoms with van der Waals surface area (Å²) in [6, 6.07) is 14.0. The second-order valence-corrected chi connectivity index (χ2v) is 8.20. The zero-order chi connectivity index (χ0) is 20.1. The van der Waals surface area contributed by atoms with Crippen molar-refractivity contribution < 1.29 is 17.5 Å². The Balaban J connectivity index is 1.67. The van der Waals surface area contributed by atoms with Crippen LogP contribution in [0.4, 0.5) is 4.39 Å². The summed E-state index contributed by atoms with van der Waals surface area (Å²) >= 11 is 5.68. The van der Waals surface area contributed by atoms with Crippen LogP contribution in [0.2, 0.25) is 5.02 Å². The predicted octanol–water partition coefficient (Wildman–Crippen LogP) is 4.49. The Morgan fingerprint density at radius 1 is 1.14 bits per heavy atom. The normalized spacial score (nSPS) is 12.5. The summed E-state index contributed by atoms with van der Waals surface area (Å²) < 4.78 is 47.1. The van der Waals surface area contributed by atoms with E-state index in [9.17, 15) is 12.8 Å². The van der Waals surface area contributed by atoms with Gasteiger partial charge in [-0.1, -0.05) is 35.9 Å². The van der Waals surface area contributed by atoms with Gasteiger partial charge in [-0.05, 0) is 42.8 Å². The molecule has 1 aromatic heterocycles. The van der Waals surface area contributed by atoms with Gasteiger partial charge in [0.1, 0.15) is 17.3 Å². The highest BCUT2D eigenvalue weighted by molar-refractivity contribution is 7.89. The van der Waals surface area contributed by atoms with E-state index in [0.717, 1.165) is 5.56 Å². The van der Waals surface area contributed by atoms with Crippen molar-refractivity contribution in [2.24, 2.45) is 0 Å². The highest BCUT2D eigenvalue weighted by Gasteiger charge is 2.23. The number of nitrogens with zero attached hydrogens (tertiary/aromatic N) is 1. The summed E-state index contributed by atoms with van der Waals surface area (Å²) in [5.74, 6) is -0.327. The van der Waals surface area contributed by atoms with E-state index in [-0.39, 0.29) is 5.02 Å². The molecule has 1 heterocycles. The van der Waals surface area contributed by atoms with E-state index in [1.54, 1.807) is 43.6 Å². The van der Waals surface area contributed by atoms with Crippen LogP contribution in [0.25, 0.3) is 0 Å². The van der Waals surface area contributed by atoms with Crippen molar-refractivity contribution in [2.45, 2.75) is 24.5 Å². The lowest BCUT2D eigenvalue weighted by molar-refractivity contribution is 0.305. The van der Waals surface area contributed by atoms with Gasteiger partial charge in [-0.25, -0.2) is 17.5 Å². The van der Waals surface area contributed by atoms with Crippen molar-refractivity contribution in [1.82, 2.24) is 9.71 Å². The van der Waals surface area contributed by atoms with E-state index < -0.39 is 26.8 Å². The Morgan fingerprint density at radius 3 is 2.57 bits per heavy atom. The van der Waals surface area contributed by atoms with Gasteiger partial charge in [0.15, 0.2) is 5.82 Å². The molecule has 1 atom stereocenters. The van der Waals surface area contributed by atoms with Crippen molar-refractivity contribution in [3.8, 4) is 5.75 Å². The van der Waals surface area contributed by atoms with Crippen LogP contribution in [0.1, 0.15) is 24.1 Å². The third-order valence-corrected chi connectivity index (χ3v) is 5.90. The van der Waals surface area contributed by atoms with E-state index in [1.807, 2.05) is 12.1 Å². The van der Waals surface area contributed by atoms with Gasteiger partial charge in [-0.15, -0.1) is 0 Å². The van der Waals surface area contributed by atoms with E-state index in [1.165, 1.54) is 18.2 Å². The predicted molar refractivity (Wildman–Crippen MR) is 105 cm³/mol. The molecule has 0 bridgehead atoms. The standard InChI is InChI=1S/C20H18ClFN2O3S/c1-14(24-28(25,26)19-6-2-5-18(21)20(19)22)16-7-9-17(10-8-16)27-13-15-4-3-11-23-12-15/h2-12,14,24H,13H2,1H3. The van der Waals surface area contributed by atoms with Gasteiger partial charge < -0.3 is 4.74 Å². The first-order chi connectivity index (χ1) is 13.4. The van der Waals surface area contributed by atoms with Crippen LogP contribution in [0.3, 0.4) is 0 Å². The van der Waals surface area contributed by atoms with Gasteiger partial charge in [0.25, 0.3) is 0 Å². The number of ether oxygens (including phenoxy) is 1. The number of sulfonamides is 1. The van der Waals surface area contributed by atoms with Crippen LogP contribution in [-0.2, 0) is 16.6 Å². The first-order valence-corrected chi connectivity index (χ1v) is 10.3. The smallest absolute Gasteiger partial charge is 0.244 e. The second-order valence-electron chi connectivity index (χ2n) is 6.11. The van der Waals surface area contributed by atoms with Crippen molar-refractivity contribution in [1.29, 1.82) is 0 Å². The lowest BCUT2D eigenvalue weighted by atomic mass is 10.1. The molecule has 3 aromatic rings. The zero-order valence-corrected chi connectivity index (χ0v) is 16.5. The maximum Gasteiger partial charge on any atom is 0.244 e. The van der Waals surface area contributed by atoms with Gasteiger partial charge in [-0.3, -0.25) is 4.98 Å². The molecule has 0 saturated heterocycles. The Morgan fingerprint density at radius 2 is 1.89 bits per heavy atom. The molecule has 0 radical (unpaired) electrons. The number of rotatable bonds is 7. The first-order valence-electron chi connectivity index (χ1n) is 8.45. The topological polar surface area (TPSA) is 68.3 Å². The Bertz CT molecular complexity index is 1040. The molecule has 0 aliphatic carbocycles. The van der Waals surface area contributed by atoms with Gasteiger partial charge in [0.2, 0.25) is 10.0 Å². The summed E-state index contributed by atoms with van der Waals surface area (Å²) in [5.41, 5.74) is 1.65. The quantitative estimate of drug-likeness (QED) is 0.611. The Kier molecular flexibility index (Phi) is 6.28. The summed E-state index contributed by atoms with van der Waals surface area (Å²) in [5, 5.41) is -0.245. The molecule has 1 unspecified atom stereocenters. The number of benzene rings is 2. The number of aromatic nitrogens is 1. The molecule has 0 aliphatic heterocycles. The molecule has 5 nitrogen and oxygen atoms in total. The SMILES string of the molecule is CC(NS(=O)(=O)c1cccc(Cl)c1F)c1ccc(OCc2cccnc2)cc1. The fourth-order valence-electron chi connectivity index (χ4n) is 2.56. The third-order valence-electron chi connectivity index (χ3n) is 4.05. The lowest BCUT2D eigenvalue weighted by Crippen LogP contribution is -2.27. The number of hydrogen-bond donors (Lipinski definition) is 1. The monoisotopic (exact) mass is 420 g/mol. The van der Waals surface area contributed by atoms with Crippen LogP contribution < -0.4 is 9.46 Å². The minimum absolute atomic E-state index is 0.245. The molecule has 2 aromatic carbocycles. The number of halogens is 2. The second kappa shape index (κ2) is 8.68. The molecule has 28 heavy (non-hydrogen) atoms. The lowest BCUT2D eigenvalue weighted by Gasteiger charge is -2.16. The minimum Gasteiger partial charge on any atom is -0.489 e. The average Bonchev–Trinajstić information content (AvgIpc) is 2.69. The molecule has 0 fully saturated rings. The highest BCUT2D eigenvalue weighted by Crippen LogP contribution is 2.24. The first kappa shape index (κ1) is 20.3. The van der Waals surface area contributed by atoms with Crippen LogP contribution in [0.5, 0.6) is 5.75 Å². The van der Waals surface area contributed by atoms with E-state index in [2.05, 4.69) is 9.71 Å². The zero-order valence-electron chi connectivity index (χ0n) is 15.0. The van der Waals surface area contributed by atoms with Gasteiger partial charge in [0.05, 0.1) is 5.02 Å². The highest BCUT2D eigenvalue weighted by atomic mass is 35.5. The van der Waals surface area contributed by atoms with E-state index in [0.29, 0.717) is 17.9 Å². The molecule has 8 heteroatoms. The van der Waals surface area contributed by atoms with Gasteiger partial charge in [-0.2, -0.15) is 0 Å². The minimum atomic E-state index is -4.06.